The number of ether oxygens (including phenoxy) is 3. The lowest BCUT2D eigenvalue weighted by atomic mass is 10.1. The number of aromatic nitrogens is 2. The van der Waals surface area contributed by atoms with Gasteiger partial charge in [0.15, 0.2) is 18.1 Å². The second-order valence-electron chi connectivity index (χ2n) is 5.39. The predicted octanol–water partition coefficient (Wildman–Crippen LogP) is -1.37. The molecular weight excluding hydrogens is 338 g/mol. The Morgan fingerprint density at radius 3 is 2.80 bits per heavy atom. The molecule has 2 rings (SSSR count). The largest absolute Gasteiger partial charge is 0.461 e. The minimum absolute atomic E-state index is 0.0790. The summed E-state index contributed by atoms with van der Waals surface area (Å²) in [5, 5.41) is 28.9. The number of carbonyl (C=O) groups excluding carboxylic acids is 1. The summed E-state index contributed by atoms with van der Waals surface area (Å²) in [4.78, 5) is 27.1. The molecule has 140 valence electrons. The van der Waals surface area contributed by atoms with Crippen LogP contribution in [-0.2, 0) is 19.0 Å². The van der Waals surface area contributed by atoms with Crippen LogP contribution in [-0.4, -0.2) is 68.6 Å². The van der Waals surface area contributed by atoms with Crippen LogP contribution in [0, 0.1) is 0 Å². The van der Waals surface area contributed by atoms with Crippen LogP contribution in [0.5, 0.6) is 0 Å². The average Bonchev–Trinajstić information content (AvgIpc) is 2.88. The van der Waals surface area contributed by atoms with E-state index < -0.39 is 42.3 Å². The molecule has 1 saturated heterocycles. The van der Waals surface area contributed by atoms with Crippen molar-refractivity contribution in [3.05, 3.63) is 22.7 Å². The van der Waals surface area contributed by atoms with Gasteiger partial charge in [0.2, 0.25) is 0 Å². The monoisotopic (exact) mass is 359 g/mol. The van der Waals surface area contributed by atoms with Gasteiger partial charge in [-0.25, -0.2) is 9.59 Å². The number of hydrogen-bond donors (Lipinski definition) is 4. The van der Waals surface area contributed by atoms with Gasteiger partial charge in [-0.3, -0.25) is 15.3 Å². The first-order valence-electron chi connectivity index (χ1n) is 7.68. The maximum atomic E-state index is 11.9. The van der Waals surface area contributed by atoms with E-state index in [1.807, 2.05) is 0 Å². The number of carbonyl (C=O) groups is 1. The van der Waals surface area contributed by atoms with E-state index in [1.54, 1.807) is 12.4 Å². The van der Waals surface area contributed by atoms with Crippen molar-refractivity contribution in [1.82, 2.24) is 9.55 Å². The molecule has 0 aliphatic carbocycles. The molecule has 11 nitrogen and oxygen atoms in total. The predicted molar refractivity (Wildman–Crippen MR) is 81.9 cm³/mol. The summed E-state index contributed by atoms with van der Waals surface area (Å²) in [5.74, 6) is -0.711. The van der Waals surface area contributed by atoms with E-state index in [0.29, 0.717) is 6.61 Å². The fourth-order valence-electron chi connectivity index (χ4n) is 2.36. The number of hydrogen-bond acceptors (Lipinski definition) is 10. The summed E-state index contributed by atoms with van der Waals surface area (Å²) in [6, 6.07) is 1.28. The normalized spacial score (nSPS) is 27.1. The van der Waals surface area contributed by atoms with Crippen molar-refractivity contribution in [1.29, 1.82) is 0 Å². The lowest BCUT2D eigenvalue weighted by molar-refractivity contribution is -0.161. The van der Waals surface area contributed by atoms with Gasteiger partial charge < -0.3 is 24.4 Å². The smallest absolute Gasteiger partial charge is 0.351 e. The Hall–Kier alpha value is -2.05. The molecule has 2 heterocycles. The summed E-state index contributed by atoms with van der Waals surface area (Å²) >= 11 is 0. The minimum atomic E-state index is -1.43. The van der Waals surface area contributed by atoms with E-state index in [4.69, 9.17) is 19.4 Å². The zero-order valence-corrected chi connectivity index (χ0v) is 13.7. The quantitative estimate of drug-likeness (QED) is 0.339. The van der Waals surface area contributed by atoms with E-state index in [1.165, 1.54) is 19.2 Å². The number of rotatable bonds is 7. The standard InChI is InChI=1S/C14H21N3O8/c1-3-23-7(2)13(20)24-6-8-10(18)11(19)12(25-8)17-5-4-9(16-22)15-14(17)21/h4-5,7-8,10-12,18-19,22H,3,6H2,1-2H3,(H,15,16,21)/t7-,8+,10+,11+,12+/m0/s1. The molecule has 0 aromatic carbocycles. The zero-order valence-electron chi connectivity index (χ0n) is 13.7. The maximum Gasteiger partial charge on any atom is 0.351 e. The lowest BCUT2D eigenvalue weighted by Gasteiger charge is -2.17. The minimum Gasteiger partial charge on any atom is -0.461 e. The van der Waals surface area contributed by atoms with Crippen LogP contribution in [0.1, 0.15) is 20.1 Å². The number of anilines is 1. The molecule has 0 amide bonds. The third-order valence-electron chi connectivity index (χ3n) is 3.69. The number of nitrogens with one attached hydrogen (secondary N) is 1. The van der Waals surface area contributed by atoms with Crippen molar-refractivity contribution in [3.63, 3.8) is 0 Å². The van der Waals surface area contributed by atoms with Crippen molar-refractivity contribution < 1.29 is 34.4 Å². The Balaban J connectivity index is 2.03. The molecule has 0 saturated carbocycles. The highest BCUT2D eigenvalue weighted by atomic mass is 16.6. The molecule has 5 atom stereocenters. The van der Waals surface area contributed by atoms with Gasteiger partial charge in [0, 0.05) is 12.8 Å². The molecule has 1 aliphatic heterocycles. The number of esters is 1. The summed E-state index contributed by atoms with van der Waals surface area (Å²) in [5.41, 5.74) is 0.914. The molecular formula is C14H21N3O8. The molecule has 1 fully saturated rings. The van der Waals surface area contributed by atoms with Crippen molar-refractivity contribution >= 4 is 11.8 Å². The Kier molecular flexibility index (Phi) is 6.45. The summed E-state index contributed by atoms with van der Waals surface area (Å²) < 4.78 is 16.5. The second kappa shape index (κ2) is 8.36. The van der Waals surface area contributed by atoms with Crippen molar-refractivity contribution in [2.24, 2.45) is 0 Å². The van der Waals surface area contributed by atoms with Gasteiger partial charge in [0.1, 0.15) is 24.9 Å². The number of aliphatic hydroxyl groups excluding tert-OH is 2. The van der Waals surface area contributed by atoms with Crippen LogP contribution < -0.4 is 11.2 Å². The SMILES string of the molecule is CCO[C@@H](C)C(=O)OC[C@H]1O[C@@H](n2ccc(NO)nc2=O)[C@H](O)[C@@H]1O. The molecule has 11 heteroatoms. The third-order valence-corrected chi connectivity index (χ3v) is 3.69. The van der Waals surface area contributed by atoms with E-state index in [2.05, 4.69) is 4.98 Å². The van der Waals surface area contributed by atoms with Crippen molar-refractivity contribution in [2.75, 3.05) is 18.7 Å². The fourth-order valence-corrected chi connectivity index (χ4v) is 2.36. The molecule has 0 bridgehead atoms. The van der Waals surface area contributed by atoms with Crippen LogP contribution >= 0.6 is 0 Å². The summed E-state index contributed by atoms with van der Waals surface area (Å²) in [7, 11) is 0. The van der Waals surface area contributed by atoms with Gasteiger partial charge in [-0.05, 0) is 19.9 Å². The highest BCUT2D eigenvalue weighted by Gasteiger charge is 2.44. The molecule has 0 unspecified atom stereocenters. The van der Waals surface area contributed by atoms with Crippen LogP contribution in [0.2, 0.25) is 0 Å². The van der Waals surface area contributed by atoms with Gasteiger partial charge in [0.25, 0.3) is 0 Å². The Labute approximate surface area is 142 Å². The van der Waals surface area contributed by atoms with E-state index in [-0.39, 0.29) is 12.4 Å². The van der Waals surface area contributed by atoms with Crippen LogP contribution in [0.4, 0.5) is 5.82 Å². The summed E-state index contributed by atoms with van der Waals surface area (Å²) in [6.45, 7) is 3.28. The van der Waals surface area contributed by atoms with E-state index in [9.17, 15) is 19.8 Å². The topological polar surface area (TPSA) is 152 Å². The molecule has 1 aromatic heterocycles. The Bertz CT molecular complexity index is 651. The van der Waals surface area contributed by atoms with Gasteiger partial charge in [-0.15, -0.1) is 0 Å². The Morgan fingerprint density at radius 2 is 2.20 bits per heavy atom. The first kappa shape index (κ1) is 19.3. The fraction of sp³-hybridized carbons (Fsp3) is 0.643. The molecule has 0 spiro atoms. The van der Waals surface area contributed by atoms with Crippen LogP contribution in [0.3, 0.4) is 0 Å². The molecule has 4 N–H and O–H groups in total. The zero-order chi connectivity index (χ0) is 18.6. The molecule has 0 radical (unpaired) electrons. The molecule has 1 aromatic rings. The van der Waals surface area contributed by atoms with Gasteiger partial charge in [-0.1, -0.05) is 0 Å². The molecule has 25 heavy (non-hydrogen) atoms. The van der Waals surface area contributed by atoms with Crippen molar-refractivity contribution in [3.8, 4) is 0 Å². The lowest BCUT2D eigenvalue weighted by Crippen LogP contribution is -2.37. The first-order chi connectivity index (χ1) is 11.9. The third kappa shape index (κ3) is 4.32. The molecule has 1 aliphatic rings. The highest BCUT2D eigenvalue weighted by molar-refractivity contribution is 5.74. The van der Waals surface area contributed by atoms with Crippen molar-refractivity contribution in [2.45, 2.75) is 44.5 Å². The van der Waals surface area contributed by atoms with Gasteiger partial charge in [-0.2, -0.15) is 4.98 Å². The number of nitrogens with zero attached hydrogens (tertiary/aromatic N) is 2. The van der Waals surface area contributed by atoms with Crippen LogP contribution in [0.25, 0.3) is 0 Å². The number of aliphatic hydroxyl groups is 2. The maximum absolute atomic E-state index is 11.9. The first-order valence-corrected chi connectivity index (χ1v) is 7.68. The van der Waals surface area contributed by atoms with E-state index >= 15 is 0 Å². The van der Waals surface area contributed by atoms with Gasteiger partial charge >= 0.3 is 11.7 Å². The van der Waals surface area contributed by atoms with E-state index in [0.717, 1.165) is 4.57 Å². The van der Waals surface area contributed by atoms with Gasteiger partial charge in [0.05, 0.1) is 0 Å². The Morgan fingerprint density at radius 1 is 1.48 bits per heavy atom. The van der Waals surface area contributed by atoms with Crippen LogP contribution in [0.15, 0.2) is 17.1 Å². The summed E-state index contributed by atoms with van der Waals surface area (Å²) in [6.07, 6.45) is -4.58. The second-order valence-corrected chi connectivity index (χ2v) is 5.39. The average molecular weight is 359 g/mol. The highest BCUT2D eigenvalue weighted by Crippen LogP contribution is 2.28.